The molecule has 0 amide bonds. The molecule has 0 aliphatic rings. The van der Waals surface area contributed by atoms with Gasteiger partial charge in [-0.25, -0.2) is 8.42 Å². The van der Waals surface area contributed by atoms with Crippen molar-refractivity contribution in [3.63, 3.8) is 0 Å². The molecule has 0 heterocycles. The van der Waals surface area contributed by atoms with E-state index in [4.69, 9.17) is 16.3 Å². The lowest BCUT2D eigenvalue weighted by Crippen LogP contribution is -2.22. The number of hydrogen-bond donors (Lipinski definition) is 1. The summed E-state index contributed by atoms with van der Waals surface area (Å²) >= 11 is 5.89. The molecule has 8 heteroatoms. The highest BCUT2D eigenvalue weighted by Gasteiger charge is 2.16. The van der Waals surface area contributed by atoms with Crippen molar-refractivity contribution < 1.29 is 23.1 Å². The van der Waals surface area contributed by atoms with Crippen LogP contribution in [-0.2, 0) is 21.2 Å². The summed E-state index contributed by atoms with van der Waals surface area (Å²) in [6.45, 7) is 0. The number of sulfonamides is 1. The van der Waals surface area contributed by atoms with E-state index in [1.165, 1.54) is 25.3 Å². The van der Waals surface area contributed by atoms with Crippen LogP contribution in [0.4, 0.5) is 5.69 Å². The average Bonchev–Trinajstić information content (AvgIpc) is 2.53. The number of rotatable bonds is 7. The first-order valence-electron chi connectivity index (χ1n) is 6.97. The standard InChI is InChI=1S/C16H16ClNO5S/c1-23-15-8-5-12(17)10-14(15)18-24(21,22)13-6-2-11(3-7-13)4-9-16(19)20/h2-3,5-8,10,18H,4,9H2,1H3,(H,19,20)/p-1. The second kappa shape index (κ2) is 7.55. The summed E-state index contributed by atoms with van der Waals surface area (Å²) in [7, 11) is -2.40. The van der Waals surface area contributed by atoms with Gasteiger partial charge in [-0.15, -0.1) is 0 Å². The average molecular weight is 369 g/mol. The van der Waals surface area contributed by atoms with Gasteiger partial charge < -0.3 is 14.6 Å². The number of ether oxygens (including phenoxy) is 1. The number of aryl methyl sites for hydroxylation is 1. The number of aliphatic carboxylic acids is 1. The van der Waals surface area contributed by atoms with Crippen LogP contribution in [0.2, 0.25) is 5.02 Å². The largest absolute Gasteiger partial charge is 0.550 e. The number of benzene rings is 2. The van der Waals surface area contributed by atoms with Crippen molar-refractivity contribution in [1.82, 2.24) is 0 Å². The Balaban J connectivity index is 2.21. The number of nitrogens with one attached hydrogen (secondary N) is 1. The van der Waals surface area contributed by atoms with Gasteiger partial charge in [0, 0.05) is 11.0 Å². The van der Waals surface area contributed by atoms with Crippen LogP contribution in [0.5, 0.6) is 5.75 Å². The Morgan fingerprint density at radius 3 is 2.46 bits per heavy atom. The Morgan fingerprint density at radius 2 is 1.88 bits per heavy atom. The molecule has 24 heavy (non-hydrogen) atoms. The van der Waals surface area contributed by atoms with Crippen molar-refractivity contribution >= 4 is 33.3 Å². The zero-order valence-corrected chi connectivity index (χ0v) is 14.4. The summed E-state index contributed by atoms with van der Waals surface area (Å²) in [4.78, 5) is 10.5. The third-order valence-corrected chi connectivity index (χ3v) is 4.87. The van der Waals surface area contributed by atoms with Crippen LogP contribution < -0.4 is 14.6 Å². The van der Waals surface area contributed by atoms with E-state index in [-0.39, 0.29) is 23.4 Å². The van der Waals surface area contributed by atoms with Gasteiger partial charge in [-0.1, -0.05) is 23.7 Å². The number of anilines is 1. The van der Waals surface area contributed by atoms with Crippen molar-refractivity contribution in [2.75, 3.05) is 11.8 Å². The van der Waals surface area contributed by atoms with Crippen LogP contribution in [0.15, 0.2) is 47.4 Å². The fourth-order valence-corrected chi connectivity index (χ4v) is 3.28. The molecule has 0 aliphatic carbocycles. The molecule has 0 saturated carbocycles. The summed E-state index contributed by atoms with van der Waals surface area (Å²) in [6, 6.07) is 10.5. The predicted octanol–water partition coefficient (Wildman–Crippen LogP) is 1.83. The van der Waals surface area contributed by atoms with Gasteiger partial charge in [-0.3, -0.25) is 4.72 Å². The smallest absolute Gasteiger partial charge is 0.262 e. The van der Waals surface area contributed by atoms with Gasteiger partial charge in [0.15, 0.2) is 0 Å². The van der Waals surface area contributed by atoms with Gasteiger partial charge in [0.2, 0.25) is 0 Å². The molecule has 0 atom stereocenters. The third-order valence-electron chi connectivity index (χ3n) is 3.26. The lowest BCUT2D eigenvalue weighted by molar-refractivity contribution is -0.305. The van der Waals surface area contributed by atoms with Crippen LogP contribution in [0, 0.1) is 0 Å². The van der Waals surface area contributed by atoms with Crippen molar-refractivity contribution in [2.24, 2.45) is 0 Å². The molecule has 0 unspecified atom stereocenters. The summed E-state index contributed by atoms with van der Waals surface area (Å²) in [5.41, 5.74) is 0.935. The van der Waals surface area contributed by atoms with Crippen LogP contribution in [0.1, 0.15) is 12.0 Å². The minimum absolute atomic E-state index is 0.0433. The summed E-state index contributed by atoms with van der Waals surface area (Å²) < 4.78 is 32.4. The highest BCUT2D eigenvalue weighted by Crippen LogP contribution is 2.29. The van der Waals surface area contributed by atoms with Crippen LogP contribution >= 0.6 is 11.6 Å². The Morgan fingerprint density at radius 1 is 1.21 bits per heavy atom. The van der Waals surface area contributed by atoms with Gasteiger partial charge in [0.1, 0.15) is 5.75 Å². The van der Waals surface area contributed by atoms with E-state index in [1.807, 2.05) is 0 Å². The zero-order chi connectivity index (χ0) is 17.7. The lowest BCUT2D eigenvalue weighted by atomic mass is 10.1. The summed E-state index contributed by atoms with van der Waals surface area (Å²) in [6.07, 6.45) is 0.155. The monoisotopic (exact) mass is 368 g/mol. The van der Waals surface area contributed by atoms with Crippen molar-refractivity contribution in [3.8, 4) is 5.75 Å². The van der Waals surface area contributed by atoms with E-state index in [0.717, 1.165) is 0 Å². The van der Waals surface area contributed by atoms with Crippen molar-refractivity contribution in [1.29, 1.82) is 0 Å². The Labute approximate surface area is 145 Å². The van der Waals surface area contributed by atoms with Crippen LogP contribution in [0.3, 0.4) is 0 Å². The van der Waals surface area contributed by atoms with E-state index < -0.39 is 16.0 Å². The molecule has 2 rings (SSSR count). The molecule has 6 nitrogen and oxygen atoms in total. The minimum Gasteiger partial charge on any atom is -0.550 e. The number of carboxylic acids is 1. The minimum atomic E-state index is -3.83. The molecule has 0 aromatic heterocycles. The highest BCUT2D eigenvalue weighted by molar-refractivity contribution is 7.92. The van der Waals surface area contributed by atoms with Gasteiger partial charge in [0.25, 0.3) is 10.0 Å². The SMILES string of the molecule is COc1ccc(Cl)cc1NS(=O)(=O)c1ccc(CCC(=O)[O-])cc1. The third kappa shape index (κ3) is 4.62. The Kier molecular flexibility index (Phi) is 5.69. The van der Waals surface area contributed by atoms with Crippen LogP contribution in [-0.4, -0.2) is 21.5 Å². The highest BCUT2D eigenvalue weighted by atomic mass is 35.5. The molecule has 1 N–H and O–H groups in total. The van der Waals surface area contributed by atoms with E-state index in [9.17, 15) is 18.3 Å². The molecule has 128 valence electrons. The Bertz CT molecular complexity index is 834. The number of halogens is 1. The number of methoxy groups -OCH3 is 1. The molecule has 0 aliphatic heterocycles. The quantitative estimate of drug-likeness (QED) is 0.804. The molecule has 2 aromatic rings. The van der Waals surface area contributed by atoms with E-state index in [1.54, 1.807) is 24.3 Å². The molecule has 0 bridgehead atoms. The van der Waals surface area contributed by atoms with E-state index >= 15 is 0 Å². The van der Waals surface area contributed by atoms with Crippen LogP contribution in [0.25, 0.3) is 0 Å². The fraction of sp³-hybridized carbons (Fsp3) is 0.188. The molecule has 0 spiro atoms. The lowest BCUT2D eigenvalue weighted by Gasteiger charge is -2.12. The van der Waals surface area contributed by atoms with E-state index in [0.29, 0.717) is 16.3 Å². The normalized spacial score (nSPS) is 11.1. The maximum atomic E-state index is 12.4. The zero-order valence-electron chi connectivity index (χ0n) is 12.8. The fourth-order valence-electron chi connectivity index (χ4n) is 2.05. The second-order valence-corrected chi connectivity index (χ2v) is 7.08. The Hall–Kier alpha value is -2.25. The van der Waals surface area contributed by atoms with Gasteiger partial charge in [-0.2, -0.15) is 0 Å². The number of carboxylic acid groups (broad SMARTS) is 1. The molecule has 2 aromatic carbocycles. The number of carbonyl (C=O) groups is 1. The van der Waals surface area contributed by atoms with Gasteiger partial charge in [-0.05, 0) is 48.7 Å². The maximum absolute atomic E-state index is 12.4. The van der Waals surface area contributed by atoms with E-state index in [2.05, 4.69) is 4.72 Å². The summed E-state index contributed by atoms with van der Waals surface area (Å²) in [5.74, 6) is -0.810. The van der Waals surface area contributed by atoms with Gasteiger partial charge >= 0.3 is 0 Å². The van der Waals surface area contributed by atoms with Crippen molar-refractivity contribution in [2.45, 2.75) is 17.7 Å². The molecule has 0 radical (unpaired) electrons. The summed E-state index contributed by atoms with van der Waals surface area (Å²) in [5, 5.41) is 10.8. The first-order chi connectivity index (χ1) is 11.3. The maximum Gasteiger partial charge on any atom is 0.262 e. The second-order valence-electron chi connectivity index (χ2n) is 4.97. The first kappa shape index (κ1) is 18.1. The predicted molar refractivity (Wildman–Crippen MR) is 88.6 cm³/mol. The first-order valence-corrected chi connectivity index (χ1v) is 8.83. The molecule has 0 saturated heterocycles. The topological polar surface area (TPSA) is 95.5 Å². The number of carbonyl (C=O) groups excluding carboxylic acids is 1. The number of hydrogen-bond acceptors (Lipinski definition) is 5. The molecular weight excluding hydrogens is 354 g/mol. The molecule has 0 fully saturated rings. The van der Waals surface area contributed by atoms with Gasteiger partial charge in [0.05, 0.1) is 17.7 Å². The molecular formula is C16H15ClNO5S-. The van der Waals surface area contributed by atoms with Crippen molar-refractivity contribution in [3.05, 3.63) is 53.1 Å².